The highest BCUT2D eigenvalue weighted by Crippen LogP contribution is 2.38. The maximum Gasteiger partial charge on any atom is 0.408 e. The Bertz CT molecular complexity index is 1080. The highest BCUT2D eigenvalue weighted by Gasteiger charge is 2.43. The van der Waals surface area contributed by atoms with E-state index in [1.54, 1.807) is 52.8 Å². The SMILES string of the molecule is CCOC(=O)CCNC(=O)C(c1cccc(C)c1O)N(C(=O)C(CCC(N)=O)NC(=O)OC(C)(C)C)C1CCC1. The second kappa shape index (κ2) is 14.5. The quantitative estimate of drug-likeness (QED) is 0.265. The van der Waals surface area contributed by atoms with Crippen molar-refractivity contribution in [1.29, 1.82) is 0 Å². The molecule has 0 aromatic heterocycles. The molecule has 5 N–H and O–H groups in total. The van der Waals surface area contributed by atoms with Gasteiger partial charge in [0.15, 0.2) is 0 Å². The van der Waals surface area contributed by atoms with Gasteiger partial charge in [-0.05, 0) is 65.9 Å². The zero-order valence-electron chi connectivity index (χ0n) is 24.0. The van der Waals surface area contributed by atoms with E-state index in [-0.39, 0.29) is 49.8 Å². The number of carbonyl (C=O) groups is 5. The van der Waals surface area contributed by atoms with Gasteiger partial charge in [0, 0.05) is 24.6 Å². The molecule has 0 aliphatic heterocycles. The monoisotopic (exact) mass is 562 g/mol. The van der Waals surface area contributed by atoms with Crippen LogP contribution in [0.1, 0.15) is 83.4 Å². The van der Waals surface area contributed by atoms with Crippen molar-refractivity contribution in [2.75, 3.05) is 13.2 Å². The van der Waals surface area contributed by atoms with Crippen LogP contribution in [-0.2, 0) is 28.7 Å². The number of phenols is 1. The number of primary amides is 1. The largest absolute Gasteiger partial charge is 0.507 e. The predicted molar refractivity (Wildman–Crippen MR) is 146 cm³/mol. The molecule has 0 bridgehead atoms. The van der Waals surface area contributed by atoms with Gasteiger partial charge < -0.3 is 35.8 Å². The molecule has 40 heavy (non-hydrogen) atoms. The first-order chi connectivity index (χ1) is 18.7. The molecule has 222 valence electrons. The van der Waals surface area contributed by atoms with E-state index in [0.717, 1.165) is 6.42 Å². The lowest BCUT2D eigenvalue weighted by molar-refractivity contribution is -0.148. The molecule has 1 aliphatic rings. The number of amides is 4. The van der Waals surface area contributed by atoms with Crippen molar-refractivity contribution in [2.24, 2.45) is 5.73 Å². The highest BCUT2D eigenvalue weighted by atomic mass is 16.6. The van der Waals surface area contributed by atoms with Gasteiger partial charge in [-0.2, -0.15) is 0 Å². The Morgan fingerprint density at radius 3 is 2.38 bits per heavy atom. The molecule has 2 atom stereocenters. The van der Waals surface area contributed by atoms with Crippen LogP contribution >= 0.6 is 0 Å². The Morgan fingerprint density at radius 2 is 1.82 bits per heavy atom. The topological polar surface area (TPSA) is 177 Å². The van der Waals surface area contributed by atoms with E-state index in [0.29, 0.717) is 18.4 Å². The summed E-state index contributed by atoms with van der Waals surface area (Å²) in [4.78, 5) is 65.2. The number of rotatable bonds is 13. The summed E-state index contributed by atoms with van der Waals surface area (Å²) >= 11 is 0. The fourth-order valence-electron chi connectivity index (χ4n) is 4.29. The van der Waals surface area contributed by atoms with Crippen LogP contribution in [0.15, 0.2) is 18.2 Å². The number of phenolic OH excluding ortho intramolecular Hbond substituents is 1. The summed E-state index contributed by atoms with van der Waals surface area (Å²) in [5.41, 5.74) is 5.19. The number of benzene rings is 1. The summed E-state index contributed by atoms with van der Waals surface area (Å²) in [6, 6.07) is 2.00. The van der Waals surface area contributed by atoms with Crippen molar-refractivity contribution in [3.63, 3.8) is 0 Å². The van der Waals surface area contributed by atoms with Crippen LogP contribution in [0.5, 0.6) is 5.75 Å². The summed E-state index contributed by atoms with van der Waals surface area (Å²) in [6.07, 6.45) is 0.754. The van der Waals surface area contributed by atoms with E-state index >= 15 is 0 Å². The molecule has 4 amide bonds. The molecule has 1 aliphatic carbocycles. The smallest absolute Gasteiger partial charge is 0.408 e. The summed E-state index contributed by atoms with van der Waals surface area (Å²) in [5, 5.41) is 16.2. The summed E-state index contributed by atoms with van der Waals surface area (Å²) in [6.45, 7) is 8.52. The van der Waals surface area contributed by atoms with Crippen molar-refractivity contribution in [3.8, 4) is 5.75 Å². The Balaban J connectivity index is 2.49. The minimum absolute atomic E-state index is 0.0469. The number of hydrogen-bond acceptors (Lipinski definition) is 8. The molecule has 2 unspecified atom stereocenters. The molecular weight excluding hydrogens is 520 g/mol. The molecule has 1 aromatic carbocycles. The minimum Gasteiger partial charge on any atom is -0.507 e. The lowest BCUT2D eigenvalue weighted by atomic mass is 9.87. The van der Waals surface area contributed by atoms with E-state index in [2.05, 4.69) is 10.6 Å². The van der Waals surface area contributed by atoms with Crippen LogP contribution < -0.4 is 16.4 Å². The van der Waals surface area contributed by atoms with Gasteiger partial charge >= 0.3 is 12.1 Å². The van der Waals surface area contributed by atoms with Crippen LogP contribution in [0.2, 0.25) is 0 Å². The third kappa shape index (κ3) is 9.42. The highest BCUT2D eigenvalue weighted by molar-refractivity contribution is 5.93. The number of carbonyl (C=O) groups excluding carboxylic acids is 5. The molecule has 0 heterocycles. The molecule has 1 fully saturated rings. The number of nitrogens with two attached hydrogens (primary N) is 1. The van der Waals surface area contributed by atoms with Crippen molar-refractivity contribution in [2.45, 2.75) is 96.9 Å². The van der Waals surface area contributed by atoms with Crippen LogP contribution in [0.3, 0.4) is 0 Å². The predicted octanol–water partition coefficient (Wildman–Crippen LogP) is 2.35. The zero-order valence-corrected chi connectivity index (χ0v) is 24.0. The van der Waals surface area contributed by atoms with Gasteiger partial charge in [-0.25, -0.2) is 4.79 Å². The second-order valence-corrected chi connectivity index (χ2v) is 10.8. The third-order valence-electron chi connectivity index (χ3n) is 6.41. The summed E-state index contributed by atoms with van der Waals surface area (Å²) in [7, 11) is 0. The fourth-order valence-corrected chi connectivity index (χ4v) is 4.29. The number of para-hydroxylation sites is 1. The van der Waals surface area contributed by atoms with Gasteiger partial charge in [0.05, 0.1) is 13.0 Å². The first-order valence-electron chi connectivity index (χ1n) is 13.6. The normalized spacial score (nSPS) is 14.7. The fraction of sp³-hybridized carbons (Fsp3) is 0.607. The Kier molecular flexibility index (Phi) is 11.8. The Morgan fingerprint density at radius 1 is 1.15 bits per heavy atom. The number of alkyl carbamates (subject to hydrolysis) is 1. The van der Waals surface area contributed by atoms with Gasteiger partial charge in [0.1, 0.15) is 23.4 Å². The minimum atomic E-state index is -1.28. The van der Waals surface area contributed by atoms with Gasteiger partial charge in [-0.15, -0.1) is 0 Å². The maximum absolute atomic E-state index is 14.1. The average molecular weight is 563 g/mol. The van der Waals surface area contributed by atoms with Crippen molar-refractivity contribution < 1.29 is 38.6 Å². The van der Waals surface area contributed by atoms with Crippen LogP contribution in [0.25, 0.3) is 0 Å². The number of esters is 1. The molecular formula is C28H42N4O8. The number of hydrogen-bond donors (Lipinski definition) is 4. The van der Waals surface area contributed by atoms with E-state index in [1.165, 1.54) is 4.90 Å². The second-order valence-electron chi connectivity index (χ2n) is 10.8. The van der Waals surface area contributed by atoms with Crippen molar-refractivity contribution in [1.82, 2.24) is 15.5 Å². The van der Waals surface area contributed by atoms with E-state index in [1.807, 2.05) is 0 Å². The molecule has 1 aromatic rings. The number of nitrogens with one attached hydrogen (secondary N) is 2. The molecule has 0 radical (unpaired) electrons. The molecule has 12 heteroatoms. The Labute approximate surface area is 234 Å². The van der Waals surface area contributed by atoms with Crippen molar-refractivity contribution in [3.05, 3.63) is 29.3 Å². The van der Waals surface area contributed by atoms with Gasteiger partial charge in [-0.1, -0.05) is 18.2 Å². The first kappa shape index (κ1) is 32.4. The molecule has 0 spiro atoms. The number of ether oxygens (including phenoxy) is 2. The zero-order chi connectivity index (χ0) is 30.0. The molecule has 2 rings (SSSR count). The third-order valence-corrected chi connectivity index (χ3v) is 6.41. The number of nitrogens with zero attached hydrogens (tertiary/aromatic N) is 1. The standard InChI is InChI=1S/C28H42N4O8/c1-6-39-22(34)15-16-30-25(36)23(19-12-7-9-17(2)24(19)35)32(18-10-8-11-18)26(37)20(13-14-21(29)33)31-27(38)40-28(3,4)5/h7,9,12,18,20,23,35H,6,8,10-11,13-16H2,1-5H3,(H2,29,33)(H,30,36)(H,31,38). The van der Waals surface area contributed by atoms with E-state index in [9.17, 15) is 29.1 Å². The molecule has 1 saturated carbocycles. The van der Waals surface area contributed by atoms with Gasteiger partial charge in [0.25, 0.3) is 0 Å². The van der Waals surface area contributed by atoms with Crippen molar-refractivity contribution >= 4 is 29.8 Å². The van der Waals surface area contributed by atoms with Crippen LogP contribution in [0, 0.1) is 6.92 Å². The number of aryl methyl sites for hydroxylation is 1. The lowest BCUT2D eigenvalue weighted by Crippen LogP contribution is -2.57. The first-order valence-corrected chi connectivity index (χ1v) is 13.6. The van der Waals surface area contributed by atoms with Crippen LogP contribution in [0.4, 0.5) is 4.79 Å². The van der Waals surface area contributed by atoms with Crippen LogP contribution in [-0.4, -0.2) is 70.6 Å². The summed E-state index contributed by atoms with van der Waals surface area (Å²) in [5.74, 6) is -2.54. The van der Waals surface area contributed by atoms with E-state index < -0.39 is 47.5 Å². The molecule has 0 saturated heterocycles. The maximum atomic E-state index is 14.1. The average Bonchev–Trinajstić information content (AvgIpc) is 2.81. The van der Waals surface area contributed by atoms with Gasteiger partial charge in [-0.3, -0.25) is 19.2 Å². The van der Waals surface area contributed by atoms with E-state index in [4.69, 9.17) is 15.2 Å². The molecule has 12 nitrogen and oxygen atoms in total. The Hall–Kier alpha value is -3.83. The van der Waals surface area contributed by atoms with Gasteiger partial charge in [0.2, 0.25) is 17.7 Å². The number of aromatic hydroxyl groups is 1. The lowest BCUT2D eigenvalue weighted by Gasteiger charge is -2.43. The summed E-state index contributed by atoms with van der Waals surface area (Å²) < 4.78 is 10.2.